The Kier molecular flexibility index (Phi) is 4.96. The lowest BCUT2D eigenvalue weighted by molar-refractivity contribution is -0.148. The number of nitrogens with one attached hydrogen (secondary N) is 1. The highest BCUT2D eigenvalue weighted by molar-refractivity contribution is 7.13. The van der Waals surface area contributed by atoms with Gasteiger partial charge in [-0.3, -0.25) is 4.79 Å². The minimum Gasteiger partial charge on any atom is -0.465 e. The van der Waals surface area contributed by atoms with Crippen LogP contribution in [0.3, 0.4) is 0 Å². The van der Waals surface area contributed by atoms with Gasteiger partial charge in [-0.05, 0) is 41.0 Å². The molecule has 19 heavy (non-hydrogen) atoms. The van der Waals surface area contributed by atoms with Gasteiger partial charge in [0, 0.05) is 10.9 Å². The molecule has 0 aliphatic heterocycles. The molecule has 0 atom stereocenters. The van der Waals surface area contributed by atoms with Crippen molar-refractivity contribution in [1.29, 1.82) is 0 Å². The van der Waals surface area contributed by atoms with E-state index in [1.165, 1.54) is 11.3 Å². The molecule has 1 aromatic heterocycles. The average Bonchev–Trinajstić information content (AvgIpc) is 2.77. The maximum Gasteiger partial charge on any atom is 0.317 e. The van der Waals surface area contributed by atoms with Crippen LogP contribution in [0, 0.1) is 0 Å². The number of hydrogen-bond acceptors (Lipinski definition) is 5. The molecule has 0 aromatic carbocycles. The predicted octanol–water partition coefficient (Wildman–Crippen LogP) is 3.58. The normalized spacial score (nSPS) is 12.3. The molecule has 1 rings (SSSR count). The Morgan fingerprint density at radius 3 is 2.53 bits per heavy atom. The largest absolute Gasteiger partial charge is 0.465 e. The van der Waals surface area contributed by atoms with Gasteiger partial charge in [0.15, 0.2) is 5.13 Å². The van der Waals surface area contributed by atoms with Gasteiger partial charge in [-0.15, -0.1) is 11.3 Å². The Hall–Kier alpha value is -1.10. The summed E-state index contributed by atoms with van der Waals surface area (Å²) >= 11 is 1.52. The summed E-state index contributed by atoms with van der Waals surface area (Å²) in [5.74, 6) is -0.235. The first-order valence-electron chi connectivity index (χ1n) is 6.64. The molecule has 1 heterocycles. The van der Waals surface area contributed by atoms with E-state index in [2.05, 4.69) is 31.1 Å². The lowest BCUT2D eigenvalue weighted by Gasteiger charge is -2.24. The minimum absolute atomic E-state index is 0.00317. The maximum atomic E-state index is 11.9. The Morgan fingerprint density at radius 2 is 2.00 bits per heavy atom. The number of rotatable bonds is 6. The fourth-order valence-corrected chi connectivity index (χ4v) is 2.47. The highest BCUT2D eigenvalue weighted by Crippen LogP contribution is 2.30. The van der Waals surface area contributed by atoms with Crippen molar-refractivity contribution in [2.75, 3.05) is 11.9 Å². The number of thiazole rings is 1. The van der Waals surface area contributed by atoms with Crippen molar-refractivity contribution in [3.8, 4) is 0 Å². The maximum absolute atomic E-state index is 11.9. The predicted molar refractivity (Wildman–Crippen MR) is 79.8 cm³/mol. The van der Waals surface area contributed by atoms with Crippen molar-refractivity contribution in [2.24, 2.45) is 0 Å². The Morgan fingerprint density at radius 1 is 1.37 bits per heavy atom. The van der Waals surface area contributed by atoms with E-state index in [1.807, 2.05) is 26.2 Å². The van der Waals surface area contributed by atoms with E-state index >= 15 is 0 Å². The number of carbonyl (C=O) groups excluding carboxylic acids is 1. The second kappa shape index (κ2) is 5.90. The van der Waals surface area contributed by atoms with Crippen LogP contribution < -0.4 is 5.32 Å². The number of esters is 1. The van der Waals surface area contributed by atoms with Gasteiger partial charge in [0.2, 0.25) is 0 Å². The number of anilines is 1. The van der Waals surface area contributed by atoms with Crippen molar-refractivity contribution in [3.63, 3.8) is 0 Å². The van der Waals surface area contributed by atoms with E-state index in [4.69, 9.17) is 4.74 Å². The molecule has 4 nitrogen and oxygen atoms in total. The highest BCUT2D eigenvalue weighted by Gasteiger charge is 2.34. The van der Waals surface area contributed by atoms with Crippen LogP contribution in [0.1, 0.15) is 53.7 Å². The zero-order valence-corrected chi connectivity index (χ0v) is 13.5. The molecule has 0 amide bonds. The molecular formula is C14H24N2O2S. The molecule has 5 heteroatoms. The molecule has 0 saturated heterocycles. The summed E-state index contributed by atoms with van der Waals surface area (Å²) in [7, 11) is 0. The molecule has 0 unspecified atom stereocenters. The molecule has 0 fully saturated rings. The molecule has 0 aliphatic carbocycles. The van der Waals surface area contributed by atoms with Crippen LogP contribution in [0.5, 0.6) is 0 Å². The molecule has 108 valence electrons. The molecule has 0 radical (unpaired) electrons. The van der Waals surface area contributed by atoms with Crippen LogP contribution in [-0.4, -0.2) is 23.1 Å². The number of nitrogens with zero attached hydrogens (tertiary/aromatic N) is 1. The van der Waals surface area contributed by atoms with Crippen molar-refractivity contribution >= 4 is 22.4 Å². The van der Waals surface area contributed by atoms with Crippen LogP contribution in [0.2, 0.25) is 0 Å². The van der Waals surface area contributed by atoms with Crippen LogP contribution >= 0.6 is 11.3 Å². The lowest BCUT2D eigenvalue weighted by Crippen LogP contribution is -2.32. The Balaban J connectivity index is 2.87. The topological polar surface area (TPSA) is 51.2 Å². The van der Waals surface area contributed by atoms with Crippen molar-refractivity contribution in [3.05, 3.63) is 11.1 Å². The first kappa shape index (κ1) is 16.0. The Labute approximate surface area is 119 Å². The summed E-state index contributed by atoms with van der Waals surface area (Å²) in [6, 6.07) is 0. The van der Waals surface area contributed by atoms with Gasteiger partial charge in [-0.1, -0.05) is 6.92 Å². The van der Waals surface area contributed by atoms with Gasteiger partial charge < -0.3 is 10.1 Å². The van der Waals surface area contributed by atoms with E-state index in [1.54, 1.807) is 0 Å². The second-order valence-corrected chi connectivity index (χ2v) is 6.60. The first-order valence-corrected chi connectivity index (χ1v) is 7.52. The zero-order valence-electron chi connectivity index (χ0n) is 12.7. The molecule has 0 saturated carbocycles. The molecule has 1 aromatic rings. The van der Waals surface area contributed by atoms with E-state index in [9.17, 15) is 4.79 Å². The summed E-state index contributed by atoms with van der Waals surface area (Å²) in [4.78, 5) is 16.5. The Bertz CT molecular complexity index is 438. The molecule has 0 aliphatic rings. The minimum atomic E-state index is -0.706. The quantitative estimate of drug-likeness (QED) is 0.811. The number of carbonyl (C=O) groups is 1. The highest BCUT2D eigenvalue weighted by atomic mass is 32.1. The summed E-state index contributed by atoms with van der Waals surface area (Å²) in [5.41, 5.74) is 0.0526. The van der Waals surface area contributed by atoms with Gasteiger partial charge in [0.25, 0.3) is 0 Å². The van der Waals surface area contributed by atoms with Crippen molar-refractivity contribution in [1.82, 2.24) is 4.98 Å². The third kappa shape index (κ3) is 3.93. The fourth-order valence-electron chi connectivity index (χ4n) is 1.41. The van der Waals surface area contributed by atoms with Crippen molar-refractivity contribution in [2.45, 2.75) is 58.9 Å². The third-order valence-electron chi connectivity index (χ3n) is 3.26. The molecule has 1 N–H and O–H groups in total. The van der Waals surface area contributed by atoms with Gasteiger partial charge in [-0.2, -0.15) is 0 Å². The lowest BCUT2D eigenvalue weighted by atomic mass is 9.90. The summed E-state index contributed by atoms with van der Waals surface area (Å²) < 4.78 is 5.10. The summed E-state index contributed by atoms with van der Waals surface area (Å²) in [6.45, 7) is 12.3. The van der Waals surface area contributed by atoms with Crippen molar-refractivity contribution < 1.29 is 9.53 Å². The molecular weight excluding hydrogens is 260 g/mol. The molecule has 0 spiro atoms. The third-order valence-corrected chi connectivity index (χ3v) is 4.02. The van der Waals surface area contributed by atoms with Crippen LogP contribution in [-0.2, 0) is 14.9 Å². The summed E-state index contributed by atoms with van der Waals surface area (Å²) in [6.07, 6.45) is 1.00. The number of ether oxygens (including phenoxy) is 1. The van der Waals surface area contributed by atoms with Gasteiger partial charge in [-0.25, -0.2) is 4.98 Å². The second-order valence-electron chi connectivity index (χ2n) is 5.75. The summed E-state index contributed by atoms with van der Waals surface area (Å²) in [5, 5.41) is 6.15. The van der Waals surface area contributed by atoms with Crippen LogP contribution in [0.15, 0.2) is 5.38 Å². The number of aromatic nitrogens is 1. The van der Waals surface area contributed by atoms with Crippen LogP contribution in [0.25, 0.3) is 0 Å². The van der Waals surface area contributed by atoms with Gasteiger partial charge in [0.05, 0.1) is 12.3 Å². The average molecular weight is 284 g/mol. The molecule has 0 bridgehead atoms. The van der Waals surface area contributed by atoms with E-state index in [0.717, 1.165) is 17.2 Å². The fraction of sp³-hybridized carbons (Fsp3) is 0.714. The van der Waals surface area contributed by atoms with E-state index in [0.29, 0.717) is 6.61 Å². The monoisotopic (exact) mass is 284 g/mol. The SMILES string of the molecule is CCOC(=O)C(C)(C)c1csc(NC(C)(C)CC)n1. The van der Waals surface area contributed by atoms with Gasteiger partial charge in [0.1, 0.15) is 5.41 Å². The zero-order chi connectivity index (χ0) is 14.7. The van der Waals surface area contributed by atoms with Crippen LogP contribution in [0.4, 0.5) is 5.13 Å². The first-order chi connectivity index (χ1) is 8.73. The van der Waals surface area contributed by atoms with Gasteiger partial charge >= 0.3 is 5.97 Å². The standard InChI is InChI=1S/C14H24N2O2S/c1-7-13(3,4)16-12-15-10(9-19-12)14(5,6)11(17)18-8-2/h9H,7-8H2,1-6H3,(H,15,16). The number of hydrogen-bond donors (Lipinski definition) is 1. The van der Waals surface area contributed by atoms with E-state index < -0.39 is 5.41 Å². The smallest absolute Gasteiger partial charge is 0.317 e. The van der Waals surface area contributed by atoms with E-state index in [-0.39, 0.29) is 11.5 Å².